The van der Waals surface area contributed by atoms with Crippen molar-refractivity contribution in [3.8, 4) is 0 Å². The van der Waals surface area contributed by atoms with Crippen LogP contribution < -0.4 is 21.3 Å². The van der Waals surface area contributed by atoms with Crippen LogP contribution in [0, 0.1) is 0 Å². The van der Waals surface area contributed by atoms with Gasteiger partial charge in [0.15, 0.2) is 0 Å². The molecule has 3 amide bonds. The molecule has 1 saturated heterocycles. The molecule has 3 rings (SSSR count). The zero-order valence-corrected chi connectivity index (χ0v) is 16.5. The molecule has 1 aliphatic heterocycles. The molecule has 0 aromatic heterocycles. The van der Waals surface area contributed by atoms with Crippen LogP contribution in [0.3, 0.4) is 0 Å². The second-order valence-corrected chi connectivity index (χ2v) is 8.44. The maximum atomic E-state index is 12.1. The molecule has 2 aliphatic rings. The summed E-state index contributed by atoms with van der Waals surface area (Å²) in [6, 6.07) is 7.41. The van der Waals surface area contributed by atoms with Gasteiger partial charge in [-0.2, -0.15) is 0 Å². The molecule has 1 aliphatic carbocycles. The number of hydrogen-bond acceptors (Lipinski definition) is 5. The molecule has 1 aromatic carbocycles. The number of thioether (sulfide) groups is 1. The molecular weight excluding hydrogens is 420 g/mol. The van der Waals surface area contributed by atoms with Crippen molar-refractivity contribution >= 4 is 51.1 Å². The van der Waals surface area contributed by atoms with Gasteiger partial charge in [0.25, 0.3) is 0 Å². The fraction of sp³-hybridized carbons (Fsp3) is 0.471. The topological polar surface area (TPSA) is 99.3 Å². The van der Waals surface area contributed by atoms with E-state index in [1.807, 2.05) is 24.3 Å². The lowest BCUT2D eigenvalue weighted by Crippen LogP contribution is -2.56. The van der Waals surface area contributed by atoms with Crippen LogP contribution in [0.1, 0.15) is 25.7 Å². The molecule has 2 atom stereocenters. The van der Waals surface area contributed by atoms with Crippen LogP contribution in [-0.4, -0.2) is 41.1 Å². The van der Waals surface area contributed by atoms with E-state index in [0.717, 1.165) is 17.3 Å². The number of rotatable bonds is 7. The van der Waals surface area contributed by atoms with Crippen LogP contribution in [0.5, 0.6) is 0 Å². The van der Waals surface area contributed by atoms with Crippen molar-refractivity contribution in [1.82, 2.24) is 16.0 Å². The van der Waals surface area contributed by atoms with Gasteiger partial charge in [-0.05, 0) is 37.1 Å². The van der Waals surface area contributed by atoms with Crippen molar-refractivity contribution in [3.05, 3.63) is 28.7 Å². The molecule has 1 aromatic rings. The van der Waals surface area contributed by atoms with E-state index >= 15 is 0 Å². The van der Waals surface area contributed by atoms with Crippen molar-refractivity contribution in [2.45, 2.75) is 43.3 Å². The van der Waals surface area contributed by atoms with Crippen LogP contribution >= 0.6 is 27.7 Å². The Hall–Kier alpha value is -1.58. The summed E-state index contributed by atoms with van der Waals surface area (Å²) in [6.07, 6.45) is 2.61. The van der Waals surface area contributed by atoms with E-state index in [1.54, 1.807) is 0 Å². The van der Waals surface area contributed by atoms with Gasteiger partial charge in [0.1, 0.15) is 5.50 Å². The average molecular weight is 441 g/mol. The molecule has 0 bridgehead atoms. The Morgan fingerprint density at radius 2 is 1.92 bits per heavy atom. The third kappa shape index (κ3) is 6.30. The van der Waals surface area contributed by atoms with Gasteiger partial charge >= 0.3 is 0 Å². The lowest BCUT2D eigenvalue weighted by atomic mass is 10.1. The lowest BCUT2D eigenvalue weighted by Gasteiger charge is -2.30. The minimum Gasteiger partial charge on any atom is -0.353 e. The second kappa shape index (κ2) is 8.88. The fourth-order valence-corrected chi connectivity index (χ4v) is 3.75. The molecular formula is C17H21BrN4O3S. The number of anilines is 1. The van der Waals surface area contributed by atoms with Gasteiger partial charge in [0.05, 0.1) is 5.75 Å². The zero-order valence-electron chi connectivity index (χ0n) is 14.1. The number of carbonyl (C=O) groups excluding carboxylic acids is 3. The van der Waals surface area contributed by atoms with E-state index < -0.39 is 0 Å². The Balaban J connectivity index is 1.42. The van der Waals surface area contributed by atoms with E-state index in [1.165, 1.54) is 11.8 Å². The number of hydrogen-bond donors (Lipinski definition) is 4. The first-order valence-electron chi connectivity index (χ1n) is 8.50. The summed E-state index contributed by atoms with van der Waals surface area (Å²) in [6.45, 7) is 0. The molecule has 140 valence electrons. The highest BCUT2D eigenvalue weighted by molar-refractivity contribution is 9.10. The molecule has 2 fully saturated rings. The molecule has 2 unspecified atom stereocenters. The van der Waals surface area contributed by atoms with E-state index in [9.17, 15) is 14.4 Å². The van der Waals surface area contributed by atoms with E-state index in [0.29, 0.717) is 11.7 Å². The Bertz CT molecular complexity index is 681. The summed E-state index contributed by atoms with van der Waals surface area (Å²) in [5, 5.41) is 11.7. The first kappa shape index (κ1) is 19.2. The van der Waals surface area contributed by atoms with Crippen LogP contribution in [0.15, 0.2) is 28.7 Å². The standard InChI is InChI=1S/C17H21BrN4O3S/c18-10-1-3-11(4-2-10)20-16(25)9-26-17-21-13(8-15(24)22-17)7-14(23)19-12-5-6-12/h1-4,12-13,17,21H,5-9H2,(H,19,23)(H,20,25)(H,22,24). The predicted octanol–water partition coefficient (Wildman–Crippen LogP) is 1.55. The Morgan fingerprint density at radius 1 is 1.19 bits per heavy atom. The summed E-state index contributed by atoms with van der Waals surface area (Å²) < 4.78 is 0.941. The average Bonchev–Trinajstić information content (AvgIpc) is 3.38. The van der Waals surface area contributed by atoms with E-state index in [4.69, 9.17) is 0 Å². The van der Waals surface area contributed by atoms with Gasteiger partial charge in [-0.25, -0.2) is 0 Å². The largest absolute Gasteiger partial charge is 0.353 e. The number of amides is 3. The van der Waals surface area contributed by atoms with E-state index in [-0.39, 0.29) is 47.9 Å². The van der Waals surface area contributed by atoms with Crippen LogP contribution in [-0.2, 0) is 14.4 Å². The lowest BCUT2D eigenvalue weighted by molar-refractivity contribution is -0.125. The zero-order chi connectivity index (χ0) is 18.5. The number of nitrogens with one attached hydrogen (secondary N) is 4. The number of halogens is 1. The van der Waals surface area contributed by atoms with Gasteiger partial charge in [0, 0.05) is 35.1 Å². The number of carbonyl (C=O) groups is 3. The number of benzene rings is 1. The first-order chi connectivity index (χ1) is 12.5. The highest BCUT2D eigenvalue weighted by Gasteiger charge is 2.30. The van der Waals surface area contributed by atoms with Crippen molar-refractivity contribution in [1.29, 1.82) is 0 Å². The Labute approximate surface area is 164 Å². The molecule has 0 spiro atoms. The van der Waals surface area contributed by atoms with Gasteiger partial charge in [0.2, 0.25) is 17.7 Å². The van der Waals surface area contributed by atoms with Crippen molar-refractivity contribution in [2.24, 2.45) is 0 Å². The highest BCUT2D eigenvalue weighted by Crippen LogP contribution is 2.20. The first-order valence-corrected chi connectivity index (χ1v) is 10.3. The quantitative estimate of drug-likeness (QED) is 0.515. The minimum absolute atomic E-state index is 0.0311. The third-order valence-corrected chi connectivity index (χ3v) is 5.54. The maximum absolute atomic E-state index is 12.1. The normalized spacial score (nSPS) is 22.4. The maximum Gasteiger partial charge on any atom is 0.234 e. The van der Waals surface area contributed by atoms with E-state index in [2.05, 4.69) is 37.2 Å². The van der Waals surface area contributed by atoms with Gasteiger partial charge in [-0.3, -0.25) is 19.7 Å². The molecule has 4 N–H and O–H groups in total. The van der Waals surface area contributed by atoms with Gasteiger partial charge in [-0.1, -0.05) is 15.9 Å². The summed E-state index contributed by atoms with van der Waals surface area (Å²) >= 11 is 4.64. The van der Waals surface area contributed by atoms with Crippen LogP contribution in [0.4, 0.5) is 5.69 Å². The SMILES string of the molecule is O=C(CSC1NC(=O)CC(CC(=O)NC2CC2)N1)Nc1ccc(Br)cc1. The summed E-state index contributed by atoms with van der Waals surface area (Å²) in [5.74, 6) is -0.105. The second-order valence-electron chi connectivity index (χ2n) is 6.43. The smallest absolute Gasteiger partial charge is 0.234 e. The monoisotopic (exact) mass is 440 g/mol. The Kier molecular flexibility index (Phi) is 6.55. The molecule has 1 heterocycles. The van der Waals surface area contributed by atoms with Gasteiger partial charge in [-0.15, -0.1) is 11.8 Å². The molecule has 26 heavy (non-hydrogen) atoms. The fourth-order valence-electron chi connectivity index (χ4n) is 2.59. The van der Waals surface area contributed by atoms with Crippen molar-refractivity contribution < 1.29 is 14.4 Å². The van der Waals surface area contributed by atoms with Crippen LogP contribution in [0.25, 0.3) is 0 Å². The van der Waals surface area contributed by atoms with Crippen molar-refractivity contribution in [2.75, 3.05) is 11.1 Å². The van der Waals surface area contributed by atoms with Gasteiger partial charge < -0.3 is 16.0 Å². The highest BCUT2D eigenvalue weighted by atomic mass is 79.9. The predicted molar refractivity (Wildman–Crippen MR) is 104 cm³/mol. The Morgan fingerprint density at radius 3 is 2.62 bits per heavy atom. The van der Waals surface area contributed by atoms with Crippen molar-refractivity contribution in [3.63, 3.8) is 0 Å². The molecule has 7 nitrogen and oxygen atoms in total. The molecule has 9 heteroatoms. The third-order valence-electron chi connectivity index (χ3n) is 3.99. The minimum atomic E-state index is -0.384. The molecule has 0 radical (unpaired) electrons. The summed E-state index contributed by atoms with van der Waals surface area (Å²) in [5.41, 5.74) is 0.333. The summed E-state index contributed by atoms with van der Waals surface area (Å²) in [4.78, 5) is 35.8. The van der Waals surface area contributed by atoms with Crippen LogP contribution in [0.2, 0.25) is 0 Å². The summed E-state index contributed by atoms with van der Waals surface area (Å²) in [7, 11) is 0. The molecule has 1 saturated carbocycles.